The van der Waals surface area contributed by atoms with Crippen LogP contribution < -0.4 is 5.32 Å². The molecule has 1 aromatic rings. The van der Waals surface area contributed by atoms with Crippen molar-refractivity contribution < 1.29 is 9.18 Å². The van der Waals surface area contributed by atoms with Gasteiger partial charge in [-0.05, 0) is 55.7 Å². The zero-order valence-electron chi connectivity index (χ0n) is 17.7. The number of halogens is 1. The number of rotatable bonds is 9. The maximum atomic E-state index is 13.1. The molecule has 0 aliphatic heterocycles. The summed E-state index contributed by atoms with van der Waals surface area (Å²) in [5, 5.41) is 2.95. The van der Waals surface area contributed by atoms with E-state index >= 15 is 0 Å². The monoisotopic (exact) mass is 364 g/mol. The fraction of sp³-hybridized carbons (Fsp3) is 0.636. The molecular weight excluding hydrogens is 327 g/mol. The van der Waals surface area contributed by atoms with Gasteiger partial charge in [-0.25, -0.2) is 4.39 Å². The lowest BCUT2D eigenvalue weighted by atomic mass is 9.87. The standard InChI is InChI=1S/C20H31FN2O.C2H6/c1-6-12-20(22-15-24,14-7-13-19(3,4)5)23-16(2)17-8-10-18(21)11-9-17;1-2/h8-11,15H,6-7,12-14H2,1-5H3,(H,22,24);1-2H3/b23-16+;. The molecule has 1 rings (SSSR count). The highest BCUT2D eigenvalue weighted by Gasteiger charge is 2.28. The van der Waals surface area contributed by atoms with Crippen molar-refractivity contribution >= 4 is 12.1 Å². The smallest absolute Gasteiger partial charge is 0.208 e. The Morgan fingerprint density at radius 2 is 1.69 bits per heavy atom. The molecule has 148 valence electrons. The van der Waals surface area contributed by atoms with Crippen molar-refractivity contribution in [3.05, 3.63) is 35.6 Å². The average molecular weight is 365 g/mol. The normalized spacial score (nSPS) is 14.1. The molecule has 26 heavy (non-hydrogen) atoms. The van der Waals surface area contributed by atoms with Gasteiger partial charge in [-0.3, -0.25) is 9.79 Å². The first-order valence-corrected chi connectivity index (χ1v) is 9.75. The Morgan fingerprint density at radius 1 is 1.12 bits per heavy atom. The molecule has 0 aliphatic carbocycles. The molecule has 1 N–H and O–H groups in total. The van der Waals surface area contributed by atoms with Gasteiger partial charge in [-0.2, -0.15) is 0 Å². The zero-order chi connectivity index (χ0) is 20.2. The summed E-state index contributed by atoms with van der Waals surface area (Å²) in [7, 11) is 0. The van der Waals surface area contributed by atoms with Gasteiger partial charge in [-0.1, -0.05) is 60.1 Å². The van der Waals surface area contributed by atoms with Crippen LogP contribution in [0.1, 0.15) is 86.1 Å². The van der Waals surface area contributed by atoms with Crippen LogP contribution in [0.15, 0.2) is 29.3 Å². The predicted octanol–water partition coefficient (Wildman–Crippen LogP) is 6.12. The van der Waals surface area contributed by atoms with Crippen LogP contribution in [0.3, 0.4) is 0 Å². The van der Waals surface area contributed by atoms with Crippen molar-refractivity contribution in [2.75, 3.05) is 0 Å². The molecule has 0 saturated heterocycles. The molecule has 0 aromatic heterocycles. The fourth-order valence-corrected chi connectivity index (χ4v) is 2.92. The van der Waals surface area contributed by atoms with Gasteiger partial charge in [0.1, 0.15) is 11.5 Å². The highest BCUT2D eigenvalue weighted by molar-refractivity contribution is 5.99. The van der Waals surface area contributed by atoms with Crippen LogP contribution in [0.25, 0.3) is 0 Å². The van der Waals surface area contributed by atoms with Gasteiger partial charge < -0.3 is 5.32 Å². The van der Waals surface area contributed by atoms with E-state index in [1.807, 2.05) is 20.8 Å². The molecule has 0 heterocycles. The van der Waals surface area contributed by atoms with Crippen LogP contribution >= 0.6 is 0 Å². The first-order chi connectivity index (χ1) is 12.2. The van der Waals surface area contributed by atoms with Crippen molar-refractivity contribution in [3.8, 4) is 0 Å². The summed E-state index contributed by atoms with van der Waals surface area (Å²) in [5.41, 5.74) is 1.36. The van der Waals surface area contributed by atoms with Gasteiger partial charge in [0.2, 0.25) is 6.41 Å². The second-order valence-corrected chi connectivity index (χ2v) is 7.66. The highest BCUT2D eigenvalue weighted by Crippen LogP contribution is 2.28. The third-order valence-corrected chi connectivity index (χ3v) is 4.15. The summed E-state index contributed by atoms with van der Waals surface area (Å²) < 4.78 is 13.1. The maximum Gasteiger partial charge on any atom is 0.208 e. The van der Waals surface area contributed by atoms with Crippen molar-refractivity contribution in [1.29, 1.82) is 0 Å². The molecule has 1 amide bonds. The number of hydrogen-bond donors (Lipinski definition) is 1. The summed E-state index contributed by atoms with van der Waals surface area (Å²) in [6.45, 7) is 14.7. The lowest BCUT2D eigenvalue weighted by Gasteiger charge is -2.31. The lowest BCUT2D eigenvalue weighted by molar-refractivity contribution is -0.111. The lowest BCUT2D eigenvalue weighted by Crippen LogP contribution is -2.43. The van der Waals surface area contributed by atoms with Gasteiger partial charge in [0.25, 0.3) is 0 Å². The van der Waals surface area contributed by atoms with Crippen LogP contribution in [0, 0.1) is 11.2 Å². The highest BCUT2D eigenvalue weighted by atomic mass is 19.1. The Kier molecular flexibility index (Phi) is 11.0. The van der Waals surface area contributed by atoms with E-state index in [9.17, 15) is 9.18 Å². The predicted molar refractivity (Wildman–Crippen MR) is 110 cm³/mol. The summed E-state index contributed by atoms with van der Waals surface area (Å²) >= 11 is 0. The third kappa shape index (κ3) is 9.12. The molecule has 0 fully saturated rings. The second-order valence-electron chi connectivity index (χ2n) is 7.66. The van der Waals surface area contributed by atoms with Crippen molar-refractivity contribution in [3.63, 3.8) is 0 Å². The quantitative estimate of drug-likeness (QED) is 0.416. The van der Waals surface area contributed by atoms with Gasteiger partial charge >= 0.3 is 0 Å². The Hall–Kier alpha value is -1.71. The van der Waals surface area contributed by atoms with Gasteiger partial charge in [0.05, 0.1) is 0 Å². The molecule has 0 saturated carbocycles. The topological polar surface area (TPSA) is 41.5 Å². The third-order valence-electron chi connectivity index (χ3n) is 4.15. The second kappa shape index (κ2) is 11.8. The Labute approximate surface area is 159 Å². The van der Waals surface area contributed by atoms with Crippen molar-refractivity contribution in [2.45, 2.75) is 86.2 Å². The molecule has 1 atom stereocenters. The van der Waals surface area contributed by atoms with Crippen LogP contribution in [-0.4, -0.2) is 17.8 Å². The molecule has 0 bridgehead atoms. The number of nitrogens with one attached hydrogen (secondary N) is 1. The first kappa shape index (κ1) is 24.3. The maximum absolute atomic E-state index is 13.1. The number of hydrogen-bond acceptors (Lipinski definition) is 2. The Balaban J connectivity index is 0.00000301. The van der Waals surface area contributed by atoms with Gasteiger partial charge in [0.15, 0.2) is 0 Å². The Morgan fingerprint density at radius 3 is 2.15 bits per heavy atom. The van der Waals surface area contributed by atoms with E-state index in [2.05, 4.69) is 33.0 Å². The Bertz CT molecular complexity index is 546. The molecule has 1 aromatic carbocycles. The summed E-state index contributed by atoms with van der Waals surface area (Å²) in [6, 6.07) is 6.31. The number of carbonyl (C=O) groups is 1. The first-order valence-electron chi connectivity index (χ1n) is 9.75. The van der Waals surface area contributed by atoms with E-state index in [0.717, 1.165) is 49.8 Å². The van der Waals surface area contributed by atoms with E-state index in [4.69, 9.17) is 4.99 Å². The molecular formula is C22H37FN2O. The average Bonchev–Trinajstić information content (AvgIpc) is 2.56. The number of carbonyl (C=O) groups excluding carboxylic acids is 1. The fourth-order valence-electron chi connectivity index (χ4n) is 2.92. The summed E-state index contributed by atoms with van der Waals surface area (Å²) in [4.78, 5) is 16.0. The SMILES string of the molecule is CC.CCCC(CCCC(C)(C)C)(/N=C(\C)c1ccc(F)cc1)NC=O. The van der Waals surface area contributed by atoms with Crippen LogP contribution in [0.4, 0.5) is 4.39 Å². The molecule has 0 radical (unpaired) electrons. The van der Waals surface area contributed by atoms with E-state index in [-0.39, 0.29) is 11.2 Å². The number of nitrogens with zero attached hydrogens (tertiary/aromatic N) is 1. The van der Waals surface area contributed by atoms with Crippen molar-refractivity contribution in [2.24, 2.45) is 10.4 Å². The number of aliphatic imine (C=N–C) groups is 1. The summed E-state index contributed by atoms with van der Waals surface area (Å²) in [6.07, 6.45) is 5.32. The molecule has 3 nitrogen and oxygen atoms in total. The summed E-state index contributed by atoms with van der Waals surface area (Å²) in [5.74, 6) is -0.262. The largest absolute Gasteiger partial charge is 0.334 e. The van der Waals surface area contributed by atoms with E-state index in [1.165, 1.54) is 12.1 Å². The molecule has 0 aliphatic rings. The van der Waals surface area contributed by atoms with Gasteiger partial charge in [-0.15, -0.1) is 0 Å². The minimum Gasteiger partial charge on any atom is -0.334 e. The van der Waals surface area contributed by atoms with E-state index in [1.54, 1.807) is 12.1 Å². The van der Waals surface area contributed by atoms with Crippen molar-refractivity contribution in [1.82, 2.24) is 5.32 Å². The van der Waals surface area contributed by atoms with Crippen LogP contribution in [0.5, 0.6) is 0 Å². The molecule has 1 unspecified atom stereocenters. The molecule has 0 spiro atoms. The minimum absolute atomic E-state index is 0.259. The zero-order valence-corrected chi connectivity index (χ0v) is 17.7. The minimum atomic E-state index is -0.583. The van der Waals surface area contributed by atoms with Crippen LogP contribution in [-0.2, 0) is 4.79 Å². The van der Waals surface area contributed by atoms with Crippen LogP contribution in [0.2, 0.25) is 0 Å². The van der Waals surface area contributed by atoms with E-state index < -0.39 is 5.66 Å². The number of benzene rings is 1. The van der Waals surface area contributed by atoms with Gasteiger partial charge in [0, 0.05) is 5.71 Å². The van der Waals surface area contributed by atoms with E-state index in [0.29, 0.717) is 0 Å². The number of amides is 1. The molecule has 4 heteroatoms.